The fraction of sp³-hybridized carbons (Fsp3) is 0.889. The van der Waals surface area contributed by atoms with Crippen molar-refractivity contribution in [2.45, 2.75) is 130 Å². The third-order valence-corrected chi connectivity index (χ3v) is 6.19. The van der Waals surface area contributed by atoms with Crippen LogP contribution in [-0.4, -0.2) is 88.4 Å². The molecule has 2 amide bonds. The Morgan fingerprint density at radius 1 is 0.947 bits per heavy atom. The molecule has 11 nitrogen and oxygen atoms in total. The van der Waals surface area contributed by atoms with Gasteiger partial charge in [0.2, 0.25) is 0 Å². The molecule has 0 aromatic rings. The Morgan fingerprint density at radius 2 is 1.53 bits per heavy atom. The van der Waals surface area contributed by atoms with Crippen LogP contribution in [0.3, 0.4) is 0 Å². The van der Waals surface area contributed by atoms with E-state index in [-0.39, 0.29) is 53.9 Å². The van der Waals surface area contributed by atoms with E-state index in [0.29, 0.717) is 19.4 Å². The molecule has 0 unspecified atom stereocenters. The largest absolute Gasteiger partial charge is 0.388 e. The van der Waals surface area contributed by atoms with Crippen molar-refractivity contribution in [1.29, 1.82) is 0 Å². The van der Waals surface area contributed by atoms with Crippen LogP contribution >= 0.6 is 0 Å². The quantitative estimate of drug-likeness (QED) is 0.176. The van der Waals surface area contributed by atoms with Gasteiger partial charge in [-0.05, 0) is 39.5 Å². The molecular weight excluding hydrogens is 494 g/mol. The molecule has 0 spiro atoms. The van der Waals surface area contributed by atoms with Crippen molar-refractivity contribution in [3.63, 3.8) is 0 Å². The number of hydrogen-bond acceptors (Lipinski definition) is 9. The number of nitrogens with two attached hydrogens (primary N) is 1. The molecule has 0 radical (unpaired) electrons. The van der Waals surface area contributed by atoms with Gasteiger partial charge in [-0.25, -0.2) is 4.79 Å². The number of primary amides is 1. The number of Topliss-reactive ketones (excluding diaryl/α,β-unsaturated/α-hetero) is 2. The Hall–Kier alpha value is -1.63. The average Bonchev–Trinajstić information content (AvgIpc) is 2.80. The molecule has 7 N–H and O–H groups in total. The molecule has 1 fully saturated rings. The lowest BCUT2D eigenvalue weighted by Gasteiger charge is -2.39. The number of aliphatic hydroxyl groups is 3. The van der Waals surface area contributed by atoms with E-state index < -0.39 is 36.7 Å². The number of nitrogens with one attached hydrogen (secondary N) is 2. The first-order chi connectivity index (χ1) is 17.5. The normalized spacial score (nSPS) is 25.2. The summed E-state index contributed by atoms with van der Waals surface area (Å²) in [4.78, 5) is 35.8. The van der Waals surface area contributed by atoms with Crippen molar-refractivity contribution >= 4 is 17.6 Å². The number of ketones is 2. The van der Waals surface area contributed by atoms with Crippen LogP contribution in [0, 0.1) is 17.8 Å². The summed E-state index contributed by atoms with van der Waals surface area (Å²) >= 11 is 0. The number of aliphatic hydroxyl groups excluding tert-OH is 3. The predicted molar refractivity (Wildman–Crippen MR) is 145 cm³/mol. The molecule has 1 aliphatic heterocycles. The topological polar surface area (TPSA) is 180 Å². The third-order valence-electron chi connectivity index (χ3n) is 6.19. The van der Waals surface area contributed by atoms with E-state index in [1.54, 1.807) is 20.8 Å². The van der Waals surface area contributed by atoms with Gasteiger partial charge in [0, 0.05) is 30.8 Å². The van der Waals surface area contributed by atoms with Gasteiger partial charge in [0.15, 0.2) is 12.1 Å². The van der Waals surface area contributed by atoms with E-state index >= 15 is 0 Å². The van der Waals surface area contributed by atoms with Crippen LogP contribution in [0.4, 0.5) is 4.79 Å². The number of carbonyl (C=O) groups is 3. The van der Waals surface area contributed by atoms with Gasteiger partial charge in [-0.2, -0.15) is 0 Å². The van der Waals surface area contributed by atoms with Crippen LogP contribution in [-0.2, 0) is 19.1 Å². The molecule has 1 rings (SSSR count). The summed E-state index contributed by atoms with van der Waals surface area (Å²) in [5, 5.41) is 34.2. The molecule has 224 valence electrons. The highest BCUT2D eigenvalue weighted by molar-refractivity contribution is 5.91. The number of urea groups is 1. The highest BCUT2D eigenvalue weighted by Crippen LogP contribution is 2.23. The van der Waals surface area contributed by atoms with Gasteiger partial charge < -0.3 is 41.2 Å². The first-order valence-corrected chi connectivity index (χ1v) is 13.7. The van der Waals surface area contributed by atoms with Crippen molar-refractivity contribution in [2.24, 2.45) is 23.5 Å². The van der Waals surface area contributed by atoms with Crippen molar-refractivity contribution < 1.29 is 39.2 Å². The van der Waals surface area contributed by atoms with Crippen molar-refractivity contribution in [2.75, 3.05) is 6.54 Å². The highest BCUT2D eigenvalue weighted by atomic mass is 16.7. The Morgan fingerprint density at radius 3 is 1.97 bits per heavy atom. The molecule has 1 aliphatic rings. The summed E-state index contributed by atoms with van der Waals surface area (Å²) < 4.78 is 10.5. The second-order valence-corrected chi connectivity index (χ2v) is 11.3. The standard InChI is InChI=1S/C18H35N3O3.C9H18O5/c1-11(2)16(21-13(5)6)15(22)10-14(17(23)12(3)4)8-7-9-20-18(19)24;1-4(2)13-9-8(12)7(11)6(10)5(3)14-9/h11-14,16,21H,7-10H2,1-6H3,(H3,19,20,24);4-12H,1-3H3/t14-,16+;5-,6-,7+,8-,9-/m10/s1. The molecule has 0 saturated carbocycles. The van der Waals surface area contributed by atoms with E-state index in [1.807, 2.05) is 41.5 Å². The van der Waals surface area contributed by atoms with Crippen molar-refractivity contribution in [1.82, 2.24) is 10.6 Å². The molecule has 38 heavy (non-hydrogen) atoms. The zero-order chi connectivity index (χ0) is 29.7. The molecular formula is C27H53N3O8. The molecule has 0 aliphatic carbocycles. The Bertz CT molecular complexity index is 716. The van der Waals surface area contributed by atoms with E-state index in [0.717, 1.165) is 0 Å². The molecule has 0 aromatic heterocycles. The third kappa shape index (κ3) is 13.4. The molecule has 1 heterocycles. The fourth-order valence-electron chi connectivity index (χ4n) is 4.16. The molecule has 1 saturated heterocycles. The monoisotopic (exact) mass is 547 g/mol. The lowest BCUT2D eigenvalue weighted by molar-refractivity contribution is -0.301. The average molecular weight is 548 g/mol. The Kier molecular flexibility index (Phi) is 17.1. The van der Waals surface area contributed by atoms with Crippen LogP contribution in [0.15, 0.2) is 0 Å². The van der Waals surface area contributed by atoms with E-state index in [2.05, 4.69) is 10.6 Å². The zero-order valence-electron chi connectivity index (χ0n) is 24.6. The maximum absolute atomic E-state index is 12.7. The first-order valence-electron chi connectivity index (χ1n) is 13.7. The second kappa shape index (κ2) is 17.9. The van der Waals surface area contributed by atoms with Crippen molar-refractivity contribution in [3.05, 3.63) is 0 Å². The molecule has 7 atom stereocenters. The van der Waals surface area contributed by atoms with E-state index in [9.17, 15) is 29.7 Å². The van der Waals surface area contributed by atoms with Gasteiger partial charge >= 0.3 is 6.03 Å². The van der Waals surface area contributed by atoms with Crippen LogP contribution in [0.25, 0.3) is 0 Å². The minimum absolute atomic E-state index is 0.0839. The SMILES string of the molecule is CC(C)N[C@H](C(=O)C[C@@H](CCCNC(N)=O)C(=O)C(C)C)C(C)C.CC(C)O[C@H]1O[C@@H](C)[C@H](O)[C@@H](O)[C@@H]1O. The lowest BCUT2D eigenvalue weighted by Crippen LogP contribution is -2.57. The maximum Gasteiger partial charge on any atom is 0.312 e. The summed E-state index contributed by atoms with van der Waals surface area (Å²) in [6.45, 7) is 17.4. The predicted octanol–water partition coefficient (Wildman–Crippen LogP) is 1.50. The highest BCUT2D eigenvalue weighted by Gasteiger charge is 2.42. The van der Waals surface area contributed by atoms with E-state index in [1.165, 1.54) is 0 Å². The lowest BCUT2D eigenvalue weighted by atomic mass is 9.84. The van der Waals surface area contributed by atoms with Crippen LogP contribution in [0.1, 0.15) is 81.6 Å². The Balaban J connectivity index is 0.000000824. The first kappa shape index (κ1) is 36.4. The van der Waals surface area contributed by atoms with Gasteiger partial charge in [-0.3, -0.25) is 9.59 Å². The van der Waals surface area contributed by atoms with Gasteiger partial charge in [0.25, 0.3) is 0 Å². The number of ether oxygens (including phenoxy) is 2. The molecule has 0 bridgehead atoms. The summed E-state index contributed by atoms with van der Waals surface area (Å²) in [5.41, 5.74) is 5.04. The number of carbonyl (C=O) groups excluding carboxylic acids is 3. The minimum atomic E-state index is -1.22. The molecule has 0 aromatic carbocycles. The second-order valence-electron chi connectivity index (χ2n) is 11.3. The van der Waals surface area contributed by atoms with Gasteiger partial charge in [-0.1, -0.05) is 41.5 Å². The van der Waals surface area contributed by atoms with Crippen LogP contribution < -0.4 is 16.4 Å². The van der Waals surface area contributed by atoms with E-state index in [4.69, 9.17) is 15.2 Å². The van der Waals surface area contributed by atoms with Crippen LogP contribution in [0.5, 0.6) is 0 Å². The minimum Gasteiger partial charge on any atom is -0.388 e. The fourth-order valence-corrected chi connectivity index (χ4v) is 4.16. The van der Waals surface area contributed by atoms with Gasteiger partial charge in [-0.15, -0.1) is 0 Å². The van der Waals surface area contributed by atoms with Gasteiger partial charge in [0.1, 0.15) is 24.1 Å². The smallest absolute Gasteiger partial charge is 0.312 e. The van der Waals surface area contributed by atoms with Crippen molar-refractivity contribution in [3.8, 4) is 0 Å². The van der Waals surface area contributed by atoms with Crippen LogP contribution in [0.2, 0.25) is 0 Å². The number of amides is 2. The number of rotatable bonds is 14. The summed E-state index contributed by atoms with van der Waals surface area (Å²) in [7, 11) is 0. The van der Waals surface area contributed by atoms with Gasteiger partial charge in [0.05, 0.1) is 18.2 Å². The number of hydrogen-bond donors (Lipinski definition) is 6. The molecule has 11 heteroatoms. The zero-order valence-corrected chi connectivity index (χ0v) is 24.6. The summed E-state index contributed by atoms with van der Waals surface area (Å²) in [5.74, 6) is -0.0499. The summed E-state index contributed by atoms with van der Waals surface area (Å²) in [6, 6.07) is -0.601. The Labute approximate surface area is 228 Å². The maximum atomic E-state index is 12.7. The summed E-state index contributed by atoms with van der Waals surface area (Å²) in [6.07, 6.45) is -3.57.